The third kappa shape index (κ3) is 4.10. The zero-order valence-corrected chi connectivity index (χ0v) is 16.7. The number of nitrogens with zero attached hydrogens (tertiary/aromatic N) is 3. The molecule has 1 N–H and O–H groups in total. The number of benzene rings is 1. The highest BCUT2D eigenvalue weighted by atomic mass is 32.2. The Balaban J connectivity index is 1.84. The van der Waals surface area contributed by atoms with E-state index in [0.29, 0.717) is 27.9 Å². The van der Waals surface area contributed by atoms with Gasteiger partial charge in [-0.15, -0.1) is 11.8 Å². The summed E-state index contributed by atoms with van der Waals surface area (Å²) in [6.45, 7) is 0. The number of thioether (sulfide) groups is 1. The van der Waals surface area contributed by atoms with Crippen LogP contribution in [0.15, 0.2) is 35.4 Å². The van der Waals surface area contributed by atoms with E-state index in [-0.39, 0.29) is 11.5 Å². The molecule has 0 saturated heterocycles. The predicted molar refractivity (Wildman–Crippen MR) is 108 cm³/mol. The summed E-state index contributed by atoms with van der Waals surface area (Å²) >= 11 is 1.36. The van der Waals surface area contributed by atoms with Crippen LogP contribution in [0.4, 0.5) is 16.2 Å². The monoisotopic (exact) mass is 396 g/mol. The van der Waals surface area contributed by atoms with E-state index in [1.165, 1.54) is 23.8 Å². The third-order valence-electron chi connectivity index (χ3n) is 4.51. The van der Waals surface area contributed by atoms with E-state index in [9.17, 15) is 14.9 Å². The van der Waals surface area contributed by atoms with Crippen molar-refractivity contribution in [1.29, 1.82) is 5.26 Å². The number of carbonyl (C=O) groups is 2. The number of rotatable bonds is 5. The Morgan fingerprint density at radius 1 is 1.32 bits per heavy atom. The fraction of sp³-hybridized carbons (Fsp3) is 0.300. The first-order valence-corrected chi connectivity index (χ1v) is 9.93. The molecular weight excluding hydrogens is 376 g/mol. The fourth-order valence-corrected chi connectivity index (χ4v) is 3.33. The molecule has 2 aromatic rings. The molecule has 0 radical (unpaired) electrons. The number of amides is 2. The first kappa shape index (κ1) is 19.7. The first-order chi connectivity index (χ1) is 13.5. The molecular formula is C20H20N4O3S. The van der Waals surface area contributed by atoms with Gasteiger partial charge in [0.05, 0.1) is 18.2 Å². The molecule has 1 saturated carbocycles. The third-order valence-corrected chi connectivity index (χ3v) is 5.19. The Hall–Kier alpha value is -3.05. The van der Waals surface area contributed by atoms with Gasteiger partial charge in [0.1, 0.15) is 11.1 Å². The van der Waals surface area contributed by atoms with Crippen LogP contribution in [0.2, 0.25) is 0 Å². The molecule has 7 nitrogen and oxygen atoms in total. The minimum absolute atomic E-state index is 0.288. The van der Waals surface area contributed by atoms with E-state index in [2.05, 4.69) is 21.1 Å². The number of hydrogen-bond donors (Lipinski definition) is 1. The van der Waals surface area contributed by atoms with Gasteiger partial charge in [-0.25, -0.2) is 9.78 Å². The lowest BCUT2D eigenvalue weighted by Gasteiger charge is -2.16. The number of hydrogen-bond acceptors (Lipinski definition) is 6. The van der Waals surface area contributed by atoms with Gasteiger partial charge in [0, 0.05) is 30.0 Å². The number of carbonyl (C=O) groups excluding carboxylic acids is 2. The second-order valence-corrected chi connectivity index (χ2v) is 7.19. The van der Waals surface area contributed by atoms with Crippen molar-refractivity contribution in [2.24, 2.45) is 0 Å². The normalized spacial score (nSPS) is 12.8. The van der Waals surface area contributed by atoms with Crippen LogP contribution in [0.5, 0.6) is 0 Å². The Morgan fingerprint density at radius 3 is 2.54 bits per heavy atom. The highest BCUT2D eigenvalue weighted by Crippen LogP contribution is 2.40. The molecule has 8 heteroatoms. The van der Waals surface area contributed by atoms with E-state index in [1.54, 1.807) is 37.4 Å². The van der Waals surface area contributed by atoms with Crippen molar-refractivity contribution in [2.75, 3.05) is 30.6 Å². The zero-order valence-electron chi connectivity index (χ0n) is 15.9. The fourth-order valence-electron chi connectivity index (χ4n) is 2.77. The Morgan fingerprint density at radius 2 is 2.00 bits per heavy atom. The van der Waals surface area contributed by atoms with E-state index in [0.717, 1.165) is 18.5 Å². The Kier molecular flexibility index (Phi) is 5.85. The second kappa shape index (κ2) is 8.31. The molecule has 1 aliphatic rings. The van der Waals surface area contributed by atoms with Crippen molar-refractivity contribution in [3.63, 3.8) is 0 Å². The van der Waals surface area contributed by atoms with Crippen molar-refractivity contribution in [1.82, 2.24) is 4.98 Å². The number of nitriles is 1. The molecule has 0 bridgehead atoms. The van der Waals surface area contributed by atoms with Gasteiger partial charge in [-0.1, -0.05) is 0 Å². The molecule has 1 aromatic carbocycles. The van der Waals surface area contributed by atoms with Crippen LogP contribution < -0.4 is 10.2 Å². The summed E-state index contributed by atoms with van der Waals surface area (Å²) in [7, 11) is 2.91. The standard InChI is InChI=1S/C20H20N4O3S/c1-24(20(26)27-2)14-8-6-13(7-9-14)22-18(25)15-10-17(12-4-5-12)23-19(28-3)16(15)11-21/h6-10,12H,4-5H2,1-3H3,(H,22,25). The number of aromatic nitrogens is 1. The summed E-state index contributed by atoms with van der Waals surface area (Å²) in [5.74, 6) is 0.0172. The van der Waals surface area contributed by atoms with Gasteiger partial charge in [-0.3, -0.25) is 9.69 Å². The van der Waals surface area contributed by atoms with Crippen LogP contribution in [0.3, 0.4) is 0 Å². The number of anilines is 2. The zero-order chi connectivity index (χ0) is 20.3. The van der Waals surface area contributed by atoms with Gasteiger partial charge < -0.3 is 10.1 Å². The van der Waals surface area contributed by atoms with Crippen molar-refractivity contribution < 1.29 is 14.3 Å². The number of nitrogens with one attached hydrogen (secondary N) is 1. The molecule has 0 spiro atoms. The lowest BCUT2D eigenvalue weighted by molar-refractivity contribution is 0.102. The molecule has 0 unspecified atom stereocenters. The lowest BCUT2D eigenvalue weighted by Crippen LogP contribution is -2.25. The van der Waals surface area contributed by atoms with Crippen molar-refractivity contribution in [3.05, 3.63) is 47.2 Å². The molecule has 2 amide bonds. The van der Waals surface area contributed by atoms with Gasteiger partial charge in [0.15, 0.2) is 0 Å². The number of pyridine rings is 1. The maximum atomic E-state index is 12.8. The van der Waals surface area contributed by atoms with Crippen LogP contribution in [0, 0.1) is 11.3 Å². The van der Waals surface area contributed by atoms with E-state index >= 15 is 0 Å². The molecule has 1 aliphatic carbocycles. The molecule has 3 rings (SSSR count). The van der Waals surface area contributed by atoms with E-state index in [4.69, 9.17) is 0 Å². The van der Waals surface area contributed by atoms with E-state index < -0.39 is 6.09 Å². The summed E-state index contributed by atoms with van der Waals surface area (Å²) < 4.78 is 4.68. The lowest BCUT2D eigenvalue weighted by atomic mass is 10.1. The predicted octanol–water partition coefficient (Wildman–Crippen LogP) is 4.01. The van der Waals surface area contributed by atoms with Crippen molar-refractivity contribution >= 4 is 35.1 Å². The minimum atomic E-state index is -0.482. The maximum absolute atomic E-state index is 12.8. The smallest absolute Gasteiger partial charge is 0.413 e. The average molecular weight is 396 g/mol. The molecule has 1 aromatic heterocycles. The van der Waals surface area contributed by atoms with Crippen LogP contribution >= 0.6 is 11.8 Å². The Bertz CT molecular complexity index is 949. The van der Waals surface area contributed by atoms with Gasteiger partial charge in [0.2, 0.25) is 0 Å². The minimum Gasteiger partial charge on any atom is -0.452 e. The number of methoxy groups -OCH3 is 1. The van der Waals surface area contributed by atoms with Gasteiger partial charge in [0.25, 0.3) is 5.91 Å². The van der Waals surface area contributed by atoms with Crippen LogP contribution in [0.25, 0.3) is 0 Å². The van der Waals surface area contributed by atoms with Gasteiger partial charge in [-0.05, 0) is 49.4 Å². The molecule has 1 fully saturated rings. The van der Waals surface area contributed by atoms with Gasteiger partial charge in [-0.2, -0.15) is 5.26 Å². The summed E-state index contributed by atoms with van der Waals surface area (Å²) in [6, 6.07) is 10.6. The molecule has 1 heterocycles. The van der Waals surface area contributed by atoms with Gasteiger partial charge >= 0.3 is 6.09 Å². The Labute approximate surface area is 167 Å². The molecule has 144 valence electrons. The van der Waals surface area contributed by atoms with Crippen molar-refractivity contribution in [3.8, 4) is 6.07 Å². The second-order valence-electron chi connectivity index (χ2n) is 6.40. The highest BCUT2D eigenvalue weighted by Gasteiger charge is 2.28. The topological polar surface area (TPSA) is 95.3 Å². The maximum Gasteiger partial charge on any atom is 0.413 e. The average Bonchev–Trinajstić information content (AvgIpc) is 3.57. The first-order valence-electron chi connectivity index (χ1n) is 8.70. The molecule has 28 heavy (non-hydrogen) atoms. The van der Waals surface area contributed by atoms with E-state index in [1.807, 2.05) is 6.26 Å². The highest BCUT2D eigenvalue weighted by molar-refractivity contribution is 7.98. The van der Waals surface area contributed by atoms with Crippen LogP contribution in [-0.4, -0.2) is 37.4 Å². The summed E-state index contributed by atoms with van der Waals surface area (Å²) in [6.07, 6.45) is 3.48. The number of ether oxygens (including phenoxy) is 1. The largest absolute Gasteiger partial charge is 0.452 e. The quantitative estimate of drug-likeness (QED) is 0.767. The summed E-state index contributed by atoms with van der Waals surface area (Å²) in [5, 5.41) is 12.9. The van der Waals surface area contributed by atoms with Crippen molar-refractivity contribution in [2.45, 2.75) is 23.8 Å². The molecule has 0 atom stereocenters. The summed E-state index contributed by atoms with van der Waals surface area (Å²) in [4.78, 5) is 30.3. The SMILES string of the molecule is COC(=O)N(C)c1ccc(NC(=O)c2cc(C3CC3)nc(SC)c2C#N)cc1. The summed E-state index contributed by atoms with van der Waals surface area (Å²) in [5.41, 5.74) is 2.68. The van der Waals surface area contributed by atoms with Crippen LogP contribution in [-0.2, 0) is 4.74 Å². The van der Waals surface area contributed by atoms with Crippen LogP contribution in [0.1, 0.15) is 40.4 Å². The molecule has 0 aliphatic heterocycles.